The third-order valence-electron chi connectivity index (χ3n) is 2.64. The van der Waals surface area contributed by atoms with Crippen LogP contribution >= 0.6 is 0 Å². The van der Waals surface area contributed by atoms with Crippen molar-refractivity contribution >= 4 is 17.7 Å². The zero-order chi connectivity index (χ0) is 15.0. The van der Waals surface area contributed by atoms with Gasteiger partial charge in [0, 0.05) is 20.2 Å². The van der Waals surface area contributed by atoms with Crippen LogP contribution in [0.15, 0.2) is 18.3 Å². The molecule has 0 atom stereocenters. The number of anilines is 1. The molecule has 0 saturated carbocycles. The fourth-order valence-electron chi connectivity index (χ4n) is 1.57. The van der Waals surface area contributed by atoms with Crippen LogP contribution in [0, 0.1) is 0 Å². The van der Waals surface area contributed by atoms with Crippen molar-refractivity contribution in [3.63, 3.8) is 0 Å². The van der Waals surface area contributed by atoms with E-state index in [1.807, 2.05) is 6.92 Å². The van der Waals surface area contributed by atoms with Crippen LogP contribution in [0.2, 0.25) is 0 Å². The summed E-state index contributed by atoms with van der Waals surface area (Å²) in [6, 6.07) is 2.97. The van der Waals surface area contributed by atoms with Gasteiger partial charge in [-0.3, -0.25) is 9.78 Å². The number of methoxy groups -OCH3 is 1. The summed E-state index contributed by atoms with van der Waals surface area (Å²) >= 11 is 0. The molecule has 0 fully saturated rings. The molecule has 110 valence electrons. The zero-order valence-electron chi connectivity index (χ0n) is 11.6. The minimum absolute atomic E-state index is 0.136. The van der Waals surface area contributed by atoms with Crippen LogP contribution in [0.4, 0.5) is 10.5 Å². The van der Waals surface area contributed by atoms with Crippen molar-refractivity contribution in [3.8, 4) is 0 Å². The molecule has 0 aliphatic rings. The lowest BCUT2D eigenvalue weighted by Crippen LogP contribution is -2.37. The number of rotatable bonds is 7. The number of amides is 2. The zero-order valence-corrected chi connectivity index (χ0v) is 11.6. The molecule has 1 aromatic heterocycles. The van der Waals surface area contributed by atoms with Crippen molar-refractivity contribution in [1.82, 2.24) is 9.88 Å². The van der Waals surface area contributed by atoms with Gasteiger partial charge in [-0.1, -0.05) is 0 Å². The van der Waals surface area contributed by atoms with Crippen molar-refractivity contribution in [3.05, 3.63) is 24.0 Å². The standard InChI is InChI=1S/C13H19N3O4/c1-3-16(6-7-20-2)13(19)15-11-5-4-10(14-9-11)8-12(17)18/h4-5,9H,3,6-8H2,1-2H3,(H,15,19)(H,17,18). The number of urea groups is 1. The Bertz CT molecular complexity index is 447. The van der Waals surface area contributed by atoms with E-state index in [2.05, 4.69) is 10.3 Å². The van der Waals surface area contributed by atoms with E-state index >= 15 is 0 Å². The van der Waals surface area contributed by atoms with Crippen molar-refractivity contribution in [2.75, 3.05) is 32.1 Å². The van der Waals surface area contributed by atoms with Crippen LogP contribution in [-0.2, 0) is 16.0 Å². The number of aromatic nitrogens is 1. The Morgan fingerprint density at radius 1 is 1.45 bits per heavy atom. The van der Waals surface area contributed by atoms with Crippen LogP contribution in [-0.4, -0.2) is 53.8 Å². The van der Waals surface area contributed by atoms with E-state index in [-0.39, 0.29) is 12.5 Å². The first-order chi connectivity index (χ1) is 9.56. The molecule has 1 rings (SSSR count). The lowest BCUT2D eigenvalue weighted by molar-refractivity contribution is -0.136. The van der Waals surface area contributed by atoms with E-state index in [9.17, 15) is 9.59 Å². The molecule has 0 aromatic carbocycles. The van der Waals surface area contributed by atoms with Crippen molar-refractivity contribution in [2.45, 2.75) is 13.3 Å². The van der Waals surface area contributed by atoms with E-state index in [0.717, 1.165) is 0 Å². The molecule has 7 heteroatoms. The van der Waals surface area contributed by atoms with Gasteiger partial charge in [0.1, 0.15) is 0 Å². The predicted molar refractivity (Wildman–Crippen MR) is 73.7 cm³/mol. The molecule has 7 nitrogen and oxygen atoms in total. The van der Waals surface area contributed by atoms with Gasteiger partial charge < -0.3 is 20.1 Å². The van der Waals surface area contributed by atoms with Gasteiger partial charge >= 0.3 is 12.0 Å². The highest BCUT2D eigenvalue weighted by atomic mass is 16.5. The predicted octanol–water partition coefficient (Wildman–Crippen LogP) is 1.21. The number of hydrogen-bond acceptors (Lipinski definition) is 4. The van der Waals surface area contributed by atoms with Crippen LogP contribution in [0.25, 0.3) is 0 Å². The van der Waals surface area contributed by atoms with Gasteiger partial charge in [0.05, 0.1) is 30.6 Å². The highest BCUT2D eigenvalue weighted by Crippen LogP contribution is 2.08. The molecule has 0 aliphatic carbocycles. The number of carboxylic acid groups (broad SMARTS) is 1. The molecule has 1 heterocycles. The maximum atomic E-state index is 11.9. The smallest absolute Gasteiger partial charge is 0.321 e. The van der Waals surface area contributed by atoms with Gasteiger partial charge in [0.25, 0.3) is 0 Å². The third-order valence-corrected chi connectivity index (χ3v) is 2.64. The van der Waals surface area contributed by atoms with Gasteiger partial charge in [0.2, 0.25) is 0 Å². The first-order valence-electron chi connectivity index (χ1n) is 6.28. The highest BCUT2D eigenvalue weighted by molar-refractivity contribution is 5.89. The van der Waals surface area contributed by atoms with Crippen molar-refractivity contribution in [1.29, 1.82) is 0 Å². The van der Waals surface area contributed by atoms with Gasteiger partial charge in [-0.05, 0) is 19.1 Å². The van der Waals surface area contributed by atoms with Crippen LogP contribution in [0.5, 0.6) is 0 Å². The average Bonchev–Trinajstić information content (AvgIpc) is 2.41. The fourth-order valence-corrected chi connectivity index (χ4v) is 1.57. The number of hydrogen-bond donors (Lipinski definition) is 2. The SMILES string of the molecule is CCN(CCOC)C(=O)Nc1ccc(CC(=O)O)nc1. The molecule has 0 spiro atoms. The summed E-state index contributed by atoms with van der Waals surface area (Å²) in [4.78, 5) is 28.1. The molecule has 0 saturated heterocycles. The monoisotopic (exact) mass is 281 g/mol. The van der Waals surface area contributed by atoms with Crippen LogP contribution < -0.4 is 5.32 Å². The molecule has 0 bridgehead atoms. The number of carbonyl (C=O) groups excluding carboxylic acids is 1. The maximum Gasteiger partial charge on any atom is 0.321 e. The molecular formula is C13H19N3O4. The van der Waals surface area contributed by atoms with Crippen molar-refractivity contribution in [2.24, 2.45) is 0 Å². The number of likely N-dealkylation sites (N-methyl/N-ethyl adjacent to an activating group) is 1. The molecule has 0 unspecified atom stereocenters. The number of ether oxygens (including phenoxy) is 1. The summed E-state index contributed by atoms with van der Waals surface area (Å²) in [6.07, 6.45) is 1.31. The Kier molecular flexibility index (Phi) is 6.45. The number of pyridine rings is 1. The van der Waals surface area contributed by atoms with Gasteiger partial charge in [-0.25, -0.2) is 4.79 Å². The van der Waals surface area contributed by atoms with E-state index in [1.54, 1.807) is 24.1 Å². The summed E-state index contributed by atoms with van der Waals surface area (Å²) in [6.45, 7) is 3.42. The highest BCUT2D eigenvalue weighted by Gasteiger charge is 2.11. The van der Waals surface area contributed by atoms with Crippen LogP contribution in [0.3, 0.4) is 0 Å². The summed E-state index contributed by atoms with van der Waals surface area (Å²) in [5.41, 5.74) is 0.974. The molecule has 2 N–H and O–H groups in total. The molecule has 0 radical (unpaired) electrons. The van der Waals surface area contributed by atoms with Gasteiger partial charge in [0.15, 0.2) is 0 Å². The third kappa shape index (κ3) is 5.23. The number of nitrogens with zero attached hydrogens (tertiary/aromatic N) is 2. The topological polar surface area (TPSA) is 91.8 Å². The first-order valence-corrected chi connectivity index (χ1v) is 6.28. The molecule has 0 aliphatic heterocycles. The Morgan fingerprint density at radius 3 is 2.70 bits per heavy atom. The van der Waals surface area contributed by atoms with E-state index < -0.39 is 5.97 Å². The molecule has 2 amide bonds. The minimum Gasteiger partial charge on any atom is -0.481 e. The Morgan fingerprint density at radius 2 is 2.20 bits per heavy atom. The number of aliphatic carboxylic acids is 1. The van der Waals surface area contributed by atoms with Gasteiger partial charge in [-0.2, -0.15) is 0 Å². The lowest BCUT2D eigenvalue weighted by atomic mass is 10.2. The number of carbonyl (C=O) groups is 2. The second kappa shape index (κ2) is 8.11. The number of nitrogens with one attached hydrogen (secondary N) is 1. The molecular weight excluding hydrogens is 262 g/mol. The fraction of sp³-hybridized carbons (Fsp3) is 0.462. The second-order valence-corrected chi connectivity index (χ2v) is 4.11. The molecule has 1 aromatic rings. The lowest BCUT2D eigenvalue weighted by Gasteiger charge is -2.20. The first kappa shape index (κ1) is 15.9. The minimum atomic E-state index is -0.939. The van der Waals surface area contributed by atoms with Gasteiger partial charge in [-0.15, -0.1) is 0 Å². The quantitative estimate of drug-likeness (QED) is 0.783. The average molecular weight is 281 g/mol. The van der Waals surface area contributed by atoms with E-state index in [0.29, 0.717) is 31.1 Å². The maximum absolute atomic E-state index is 11.9. The Balaban J connectivity index is 2.58. The van der Waals surface area contributed by atoms with Crippen molar-refractivity contribution < 1.29 is 19.4 Å². The Labute approximate surface area is 117 Å². The summed E-state index contributed by atoms with van der Waals surface area (Å²) in [7, 11) is 1.58. The normalized spacial score (nSPS) is 10.1. The molecule has 20 heavy (non-hydrogen) atoms. The van der Waals surface area contributed by atoms with E-state index in [4.69, 9.17) is 9.84 Å². The summed E-state index contributed by atoms with van der Waals surface area (Å²) in [5, 5.41) is 11.3. The van der Waals surface area contributed by atoms with Crippen LogP contribution in [0.1, 0.15) is 12.6 Å². The summed E-state index contributed by atoms with van der Waals surface area (Å²) < 4.78 is 4.94. The Hall–Kier alpha value is -2.15. The summed E-state index contributed by atoms with van der Waals surface area (Å²) in [5.74, 6) is -0.939. The van der Waals surface area contributed by atoms with E-state index in [1.165, 1.54) is 6.20 Å². The second-order valence-electron chi connectivity index (χ2n) is 4.11. The number of carboxylic acids is 1. The largest absolute Gasteiger partial charge is 0.481 e.